The second kappa shape index (κ2) is 5.79. The van der Waals surface area contributed by atoms with Crippen LogP contribution < -0.4 is 11.5 Å². The van der Waals surface area contributed by atoms with Crippen LogP contribution in [0.2, 0.25) is 6.04 Å². The number of hydrogen-bond acceptors (Lipinski definition) is 5. The molecule has 4 N–H and O–H groups in total. The Labute approximate surface area is 87.1 Å². The molecule has 0 radical (unpaired) electrons. The lowest BCUT2D eigenvalue weighted by Crippen LogP contribution is -2.58. The Balaban J connectivity index is 4.41. The van der Waals surface area contributed by atoms with E-state index in [1.165, 1.54) is 0 Å². The van der Waals surface area contributed by atoms with Crippen LogP contribution in [0, 0.1) is 0 Å². The molecule has 0 unspecified atom stereocenters. The Hall–Kier alpha value is 0.0169. The van der Waals surface area contributed by atoms with Crippen LogP contribution in [0.15, 0.2) is 0 Å². The molecule has 5 nitrogen and oxygen atoms in total. The molecule has 0 rings (SSSR count). The lowest BCUT2D eigenvalue weighted by molar-refractivity contribution is 0.114. The van der Waals surface area contributed by atoms with Gasteiger partial charge in [0.25, 0.3) is 0 Å². The zero-order chi connectivity index (χ0) is 11.2. The molecule has 0 aliphatic rings. The molecule has 6 heteroatoms. The zero-order valence-corrected chi connectivity index (χ0v) is 10.5. The summed E-state index contributed by atoms with van der Waals surface area (Å²) in [7, 11) is 2.03. The maximum absolute atomic E-state index is 5.91. The largest absolute Gasteiger partial charge is 0.503 e. The van der Waals surface area contributed by atoms with Crippen molar-refractivity contribution in [3.05, 3.63) is 0 Å². The van der Waals surface area contributed by atoms with E-state index in [2.05, 4.69) is 0 Å². The number of rotatable bonds is 7. The van der Waals surface area contributed by atoms with E-state index in [0.29, 0.717) is 6.04 Å². The normalized spacial score (nSPS) is 13.3. The van der Waals surface area contributed by atoms with Gasteiger partial charge < -0.3 is 24.7 Å². The van der Waals surface area contributed by atoms with Crippen molar-refractivity contribution < 1.29 is 13.3 Å². The molecule has 0 fully saturated rings. The third-order valence-corrected chi connectivity index (χ3v) is 5.15. The van der Waals surface area contributed by atoms with Crippen LogP contribution >= 0.6 is 0 Å². The maximum atomic E-state index is 5.91. The Morgan fingerprint density at radius 2 is 1.50 bits per heavy atom. The van der Waals surface area contributed by atoms with E-state index in [1.54, 1.807) is 21.3 Å². The molecule has 0 aromatic carbocycles. The molecule has 0 amide bonds. The van der Waals surface area contributed by atoms with Gasteiger partial charge in [0.05, 0.1) is 5.66 Å². The second-order valence-electron chi connectivity index (χ2n) is 3.46. The van der Waals surface area contributed by atoms with E-state index in [1.807, 2.05) is 6.92 Å². The van der Waals surface area contributed by atoms with Crippen molar-refractivity contribution >= 4 is 8.80 Å². The third-order valence-electron chi connectivity index (χ3n) is 2.19. The molecule has 86 valence electrons. The number of hydrogen-bond donors (Lipinski definition) is 2. The van der Waals surface area contributed by atoms with Gasteiger partial charge in [-0.1, -0.05) is 13.3 Å². The van der Waals surface area contributed by atoms with Crippen LogP contribution in [0.5, 0.6) is 0 Å². The van der Waals surface area contributed by atoms with Crippen LogP contribution in [0.3, 0.4) is 0 Å². The molecule has 0 saturated carbocycles. The lowest BCUT2D eigenvalue weighted by atomic mass is 10.1. The van der Waals surface area contributed by atoms with Gasteiger partial charge in [0.2, 0.25) is 0 Å². The van der Waals surface area contributed by atoms with E-state index in [4.69, 9.17) is 24.7 Å². The first kappa shape index (κ1) is 14.0. The molecule has 0 atom stereocenters. The minimum Gasteiger partial charge on any atom is -0.377 e. The monoisotopic (exact) mass is 222 g/mol. The van der Waals surface area contributed by atoms with Crippen molar-refractivity contribution in [1.82, 2.24) is 0 Å². The van der Waals surface area contributed by atoms with Gasteiger partial charge >= 0.3 is 8.80 Å². The number of nitrogens with two attached hydrogens (primary N) is 2. The predicted octanol–water partition coefficient (Wildman–Crippen LogP) is 0.278. The van der Waals surface area contributed by atoms with Gasteiger partial charge in [-0.05, 0) is 6.42 Å². The molecule has 0 heterocycles. The molecule has 0 spiro atoms. The van der Waals surface area contributed by atoms with Crippen LogP contribution in [-0.4, -0.2) is 35.8 Å². The SMILES string of the molecule is CCCC(N)(N)C[Si](OC)(OC)OC. The summed E-state index contributed by atoms with van der Waals surface area (Å²) in [6, 6.07) is 0.428. The quantitative estimate of drug-likeness (QED) is 0.478. The van der Waals surface area contributed by atoms with Gasteiger partial charge in [-0.3, -0.25) is 0 Å². The lowest BCUT2D eigenvalue weighted by Gasteiger charge is -2.32. The summed E-state index contributed by atoms with van der Waals surface area (Å²) in [6.07, 6.45) is 1.65. The topological polar surface area (TPSA) is 79.7 Å². The average molecular weight is 222 g/mol. The summed E-state index contributed by atoms with van der Waals surface area (Å²) in [5.74, 6) is 0. The Bertz CT molecular complexity index is 154. The molecular formula is C8H22N2O3Si. The van der Waals surface area contributed by atoms with Gasteiger partial charge in [0.1, 0.15) is 0 Å². The molecular weight excluding hydrogens is 200 g/mol. The summed E-state index contributed by atoms with van der Waals surface area (Å²) < 4.78 is 15.8. The standard InChI is InChI=1S/C8H22N2O3Si/c1-5-6-8(9,10)7-14(11-2,12-3)13-4/h5-7,9-10H2,1-4H3. The summed E-state index contributed by atoms with van der Waals surface area (Å²) in [5.41, 5.74) is 11.1. The minimum atomic E-state index is -2.64. The highest BCUT2D eigenvalue weighted by molar-refractivity contribution is 6.60. The van der Waals surface area contributed by atoms with Crippen LogP contribution in [0.25, 0.3) is 0 Å². The van der Waals surface area contributed by atoms with E-state index >= 15 is 0 Å². The highest BCUT2D eigenvalue weighted by atomic mass is 28.4. The minimum absolute atomic E-state index is 0.428. The first-order valence-corrected chi connectivity index (χ1v) is 6.61. The van der Waals surface area contributed by atoms with E-state index in [9.17, 15) is 0 Å². The van der Waals surface area contributed by atoms with Gasteiger partial charge in [-0.2, -0.15) is 0 Å². The van der Waals surface area contributed by atoms with Crippen molar-refractivity contribution in [3.63, 3.8) is 0 Å². The molecule has 0 bridgehead atoms. The summed E-state index contributed by atoms with van der Waals surface area (Å²) in [5, 5.41) is 0. The van der Waals surface area contributed by atoms with E-state index < -0.39 is 14.5 Å². The first-order chi connectivity index (χ1) is 6.45. The zero-order valence-electron chi connectivity index (χ0n) is 9.50. The first-order valence-electron chi connectivity index (χ1n) is 4.68. The fourth-order valence-corrected chi connectivity index (χ4v) is 3.34. The van der Waals surface area contributed by atoms with Crippen LogP contribution in [0.1, 0.15) is 19.8 Å². The van der Waals surface area contributed by atoms with Crippen molar-refractivity contribution in [2.45, 2.75) is 31.5 Å². The smallest absolute Gasteiger partial charge is 0.377 e. The van der Waals surface area contributed by atoms with Crippen LogP contribution in [-0.2, 0) is 13.3 Å². The highest BCUT2D eigenvalue weighted by Gasteiger charge is 2.44. The Kier molecular flexibility index (Phi) is 5.80. The van der Waals surface area contributed by atoms with Crippen molar-refractivity contribution in [2.24, 2.45) is 11.5 Å². The molecule has 0 aliphatic heterocycles. The fraction of sp³-hybridized carbons (Fsp3) is 1.00. The van der Waals surface area contributed by atoms with Gasteiger partial charge in [-0.15, -0.1) is 0 Å². The van der Waals surface area contributed by atoms with Crippen LogP contribution in [0.4, 0.5) is 0 Å². The molecule has 0 aromatic heterocycles. The van der Waals surface area contributed by atoms with Crippen molar-refractivity contribution in [2.75, 3.05) is 21.3 Å². The Morgan fingerprint density at radius 1 is 1.07 bits per heavy atom. The van der Waals surface area contributed by atoms with Crippen molar-refractivity contribution in [1.29, 1.82) is 0 Å². The second-order valence-corrected chi connectivity index (χ2v) is 6.40. The third kappa shape index (κ3) is 4.03. The van der Waals surface area contributed by atoms with Crippen molar-refractivity contribution in [3.8, 4) is 0 Å². The molecule has 0 aliphatic carbocycles. The molecule has 0 aromatic rings. The van der Waals surface area contributed by atoms with E-state index in [0.717, 1.165) is 12.8 Å². The Morgan fingerprint density at radius 3 is 1.79 bits per heavy atom. The molecule has 14 heavy (non-hydrogen) atoms. The summed E-state index contributed by atoms with van der Waals surface area (Å²) in [6.45, 7) is 2.03. The summed E-state index contributed by atoms with van der Waals surface area (Å²) >= 11 is 0. The highest BCUT2D eigenvalue weighted by Crippen LogP contribution is 2.20. The maximum Gasteiger partial charge on any atom is 0.503 e. The van der Waals surface area contributed by atoms with Gasteiger partial charge in [-0.25, -0.2) is 0 Å². The van der Waals surface area contributed by atoms with Gasteiger partial charge in [0, 0.05) is 27.4 Å². The predicted molar refractivity (Wildman–Crippen MR) is 57.6 cm³/mol. The average Bonchev–Trinajstić information content (AvgIpc) is 2.14. The fourth-order valence-electron chi connectivity index (χ4n) is 1.42. The molecule has 0 saturated heterocycles. The van der Waals surface area contributed by atoms with E-state index in [-0.39, 0.29) is 0 Å². The summed E-state index contributed by atoms with van der Waals surface area (Å²) in [4.78, 5) is 0. The van der Waals surface area contributed by atoms with Gasteiger partial charge in [0.15, 0.2) is 0 Å².